The fourth-order valence-corrected chi connectivity index (χ4v) is 0.913. The van der Waals surface area contributed by atoms with Crippen LogP contribution in [0.3, 0.4) is 0 Å². The summed E-state index contributed by atoms with van der Waals surface area (Å²) in [7, 11) is 1.54. The highest BCUT2D eigenvalue weighted by Gasteiger charge is 2.06. The molecule has 1 amide bonds. The largest absolute Gasteiger partial charge is 0.355 e. The van der Waals surface area contributed by atoms with Gasteiger partial charge < -0.3 is 5.32 Å². The van der Waals surface area contributed by atoms with E-state index >= 15 is 0 Å². The number of rotatable bonds is 1. The van der Waals surface area contributed by atoms with E-state index in [4.69, 9.17) is 5.26 Å². The summed E-state index contributed by atoms with van der Waals surface area (Å²) in [4.78, 5) is 11.1. The third-order valence-electron chi connectivity index (χ3n) is 1.52. The third kappa shape index (κ3) is 1.43. The van der Waals surface area contributed by atoms with Crippen molar-refractivity contribution in [3.05, 3.63) is 35.4 Å². The summed E-state index contributed by atoms with van der Waals surface area (Å²) in [6.07, 6.45) is 0. The maximum absolute atomic E-state index is 11.1. The minimum atomic E-state index is -0.229. The Hall–Kier alpha value is -1.82. The average Bonchev–Trinajstić information content (AvgIpc) is 2.16. The van der Waals surface area contributed by atoms with Gasteiger partial charge in [0.15, 0.2) is 0 Å². The second-order valence-electron chi connectivity index (χ2n) is 2.24. The summed E-state index contributed by atoms with van der Waals surface area (Å²) in [5, 5.41) is 11.1. The molecule has 0 aromatic heterocycles. The molecular weight excluding hydrogens is 152 g/mol. The summed E-state index contributed by atoms with van der Waals surface area (Å²) in [5.74, 6) is -0.229. The lowest BCUT2D eigenvalue weighted by Gasteiger charge is -1.99. The maximum Gasteiger partial charge on any atom is 0.252 e. The van der Waals surface area contributed by atoms with Crippen LogP contribution in [0.4, 0.5) is 0 Å². The minimum Gasteiger partial charge on any atom is -0.355 e. The molecule has 60 valence electrons. The number of nitriles is 1. The smallest absolute Gasteiger partial charge is 0.252 e. The lowest BCUT2D eigenvalue weighted by molar-refractivity contribution is 0.0963. The fourth-order valence-electron chi connectivity index (χ4n) is 0.913. The summed E-state index contributed by atoms with van der Waals surface area (Å²) in [6, 6.07) is 8.64. The molecule has 0 saturated carbocycles. The topological polar surface area (TPSA) is 52.9 Å². The second-order valence-corrected chi connectivity index (χ2v) is 2.24. The summed E-state index contributed by atoms with van der Waals surface area (Å²) in [5.41, 5.74) is 0.819. The lowest BCUT2D eigenvalue weighted by Crippen LogP contribution is -2.18. The predicted molar refractivity (Wildman–Crippen MR) is 44.5 cm³/mol. The number of hydrogen-bond acceptors (Lipinski definition) is 2. The quantitative estimate of drug-likeness (QED) is 0.664. The molecule has 3 heteroatoms. The van der Waals surface area contributed by atoms with Crippen LogP contribution in [-0.2, 0) is 0 Å². The normalized spacial score (nSPS) is 8.67. The van der Waals surface area contributed by atoms with Gasteiger partial charge in [0.05, 0.1) is 17.2 Å². The molecule has 1 rings (SSSR count). The van der Waals surface area contributed by atoms with Crippen molar-refractivity contribution in [2.24, 2.45) is 0 Å². The van der Waals surface area contributed by atoms with Crippen molar-refractivity contribution < 1.29 is 4.79 Å². The SMILES string of the molecule is CNC(=O)c1ccccc1C#N. The van der Waals surface area contributed by atoms with Crippen molar-refractivity contribution in [1.82, 2.24) is 5.32 Å². The molecule has 0 spiro atoms. The summed E-state index contributed by atoms with van der Waals surface area (Å²) in [6.45, 7) is 0. The van der Waals surface area contributed by atoms with Gasteiger partial charge in [-0.25, -0.2) is 0 Å². The van der Waals surface area contributed by atoms with Gasteiger partial charge in [0.1, 0.15) is 0 Å². The van der Waals surface area contributed by atoms with E-state index in [1.807, 2.05) is 6.07 Å². The maximum atomic E-state index is 11.1. The van der Waals surface area contributed by atoms with Gasteiger partial charge in [-0.15, -0.1) is 0 Å². The predicted octanol–water partition coefficient (Wildman–Crippen LogP) is 0.918. The van der Waals surface area contributed by atoms with Crippen molar-refractivity contribution in [3.63, 3.8) is 0 Å². The van der Waals surface area contributed by atoms with Gasteiger partial charge in [-0.05, 0) is 12.1 Å². The Morgan fingerprint density at radius 2 is 2.17 bits per heavy atom. The molecule has 1 N–H and O–H groups in total. The van der Waals surface area contributed by atoms with Crippen LogP contribution < -0.4 is 5.32 Å². The van der Waals surface area contributed by atoms with E-state index in [0.717, 1.165) is 0 Å². The Bertz CT molecular complexity index is 339. The molecule has 0 aliphatic heterocycles. The Morgan fingerprint density at radius 1 is 1.50 bits per heavy atom. The van der Waals surface area contributed by atoms with Crippen molar-refractivity contribution in [3.8, 4) is 6.07 Å². The first-order chi connectivity index (χ1) is 5.79. The van der Waals surface area contributed by atoms with Crippen molar-refractivity contribution in [2.75, 3.05) is 7.05 Å². The van der Waals surface area contributed by atoms with E-state index in [1.54, 1.807) is 24.3 Å². The van der Waals surface area contributed by atoms with Crippen LogP contribution in [-0.4, -0.2) is 13.0 Å². The number of nitrogens with zero attached hydrogens (tertiary/aromatic N) is 1. The highest BCUT2D eigenvalue weighted by Crippen LogP contribution is 2.06. The van der Waals surface area contributed by atoms with Crippen LogP contribution in [0, 0.1) is 11.3 Å². The highest BCUT2D eigenvalue weighted by molar-refractivity contribution is 5.96. The molecule has 0 aliphatic carbocycles. The number of carbonyl (C=O) groups excluding carboxylic acids is 1. The van der Waals surface area contributed by atoms with E-state index in [-0.39, 0.29) is 5.91 Å². The molecular formula is C9H8N2O. The van der Waals surface area contributed by atoms with E-state index in [9.17, 15) is 4.79 Å². The molecule has 1 aromatic rings. The van der Waals surface area contributed by atoms with Gasteiger partial charge in [-0.2, -0.15) is 5.26 Å². The molecule has 0 aliphatic rings. The Kier molecular flexibility index (Phi) is 2.44. The van der Waals surface area contributed by atoms with Gasteiger partial charge >= 0.3 is 0 Å². The first-order valence-corrected chi connectivity index (χ1v) is 3.51. The van der Waals surface area contributed by atoms with Crippen LogP contribution in [0.2, 0.25) is 0 Å². The molecule has 12 heavy (non-hydrogen) atoms. The highest BCUT2D eigenvalue weighted by atomic mass is 16.1. The molecule has 0 unspecified atom stereocenters. The van der Waals surface area contributed by atoms with Gasteiger partial charge in [0.25, 0.3) is 5.91 Å². The third-order valence-corrected chi connectivity index (χ3v) is 1.52. The van der Waals surface area contributed by atoms with Crippen LogP contribution in [0.1, 0.15) is 15.9 Å². The second kappa shape index (κ2) is 3.54. The van der Waals surface area contributed by atoms with Crippen molar-refractivity contribution >= 4 is 5.91 Å². The average molecular weight is 160 g/mol. The Labute approximate surface area is 70.6 Å². The molecule has 0 radical (unpaired) electrons. The number of benzene rings is 1. The van der Waals surface area contributed by atoms with Crippen LogP contribution in [0.25, 0.3) is 0 Å². The zero-order valence-corrected chi connectivity index (χ0v) is 6.66. The number of carbonyl (C=O) groups is 1. The molecule has 0 bridgehead atoms. The molecule has 0 fully saturated rings. The number of amides is 1. The van der Waals surface area contributed by atoms with E-state index in [0.29, 0.717) is 11.1 Å². The summed E-state index contributed by atoms with van der Waals surface area (Å²) < 4.78 is 0. The van der Waals surface area contributed by atoms with E-state index < -0.39 is 0 Å². The van der Waals surface area contributed by atoms with Crippen LogP contribution in [0.15, 0.2) is 24.3 Å². The molecule has 0 atom stereocenters. The molecule has 1 aromatic carbocycles. The molecule has 0 heterocycles. The van der Waals surface area contributed by atoms with Crippen molar-refractivity contribution in [2.45, 2.75) is 0 Å². The monoisotopic (exact) mass is 160 g/mol. The van der Waals surface area contributed by atoms with Gasteiger partial charge in [-0.3, -0.25) is 4.79 Å². The fraction of sp³-hybridized carbons (Fsp3) is 0.111. The van der Waals surface area contributed by atoms with Crippen LogP contribution >= 0.6 is 0 Å². The minimum absolute atomic E-state index is 0.229. The zero-order chi connectivity index (χ0) is 8.97. The van der Waals surface area contributed by atoms with Crippen LogP contribution in [0.5, 0.6) is 0 Å². The first-order valence-electron chi connectivity index (χ1n) is 3.51. The lowest BCUT2D eigenvalue weighted by atomic mass is 10.1. The molecule has 3 nitrogen and oxygen atoms in total. The molecule has 0 saturated heterocycles. The zero-order valence-electron chi connectivity index (χ0n) is 6.66. The summed E-state index contributed by atoms with van der Waals surface area (Å²) >= 11 is 0. The van der Waals surface area contributed by atoms with E-state index in [2.05, 4.69) is 5.32 Å². The number of nitrogens with one attached hydrogen (secondary N) is 1. The van der Waals surface area contributed by atoms with Gasteiger partial charge in [0.2, 0.25) is 0 Å². The Morgan fingerprint density at radius 3 is 2.75 bits per heavy atom. The van der Waals surface area contributed by atoms with Gasteiger partial charge in [-0.1, -0.05) is 12.1 Å². The number of hydrogen-bond donors (Lipinski definition) is 1. The van der Waals surface area contributed by atoms with Gasteiger partial charge in [0, 0.05) is 7.05 Å². The van der Waals surface area contributed by atoms with E-state index in [1.165, 1.54) is 7.05 Å². The Balaban J connectivity index is 3.16. The van der Waals surface area contributed by atoms with Crippen molar-refractivity contribution in [1.29, 1.82) is 5.26 Å². The first kappa shape index (κ1) is 8.28. The standard InChI is InChI=1S/C9H8N2O/c1-11-9(12)8-5-3-2-4-7(8)6-10/h2-5H,1H3,(H,11,12).